The monoisotopic (exact) mass is 654 g/mol. The van der Waals surface area contributed by atoms with Crippen LogP contribution in [0.3, 0.4) is 0 Å². The largest absolute Gasteiger partial charge is 0.457 e. The first-order valence-electron chi connectivity index (χ1n) is 17.3. The number of ether oxygens (including phenoxy) is 1. The lowest BCUT2D eigenvalue weighted by Crippen LogP contribution is -2.21. The number of aromatic nitrogens is 2. The predicted octanol–water partition coefficient (Wildman–Crippen LogP) is 11.3. The van der Waals surface area contributed by atoms with Crippen molar-refractivity contribution < 1.29 is 4.74 Å². The zero-order valence-electron chi connectivity index (χ0n) is 29.9. The van der Waals surface area contributed by atoms with E-state index < -0.39 is 0 Å². The van der Waals surface area contributed by atoms with Gasteiger partial charge in [-0.25, -0.2) is 4.98 Å². The molecule has 0 N–H and O–H groups in total. The second-order valence-electron chi connectivity index (χ2n) is 13.9. The highest BCUT2D eigenvalue weighted by atomic mass is 16.5. The summed E-state index contributed by atoms with van der Waals surface area (Å²) in [6.45, 7) is 13.9. The summed E-state index contributed by atoms with van der Waals surface area (Å²) >= 11 is 0. The molecule has 5 nitrogen and oxygen atoms in total. The molecule has 0 saturated carbocycles. The topological polar surface area (TPSA) is 33.5 Å². The van der Waals surface area contributed by atoms with Gasteiger partial charge in [0, 0.05) is 59.8 Å². The lowest BCUT2D eigenvalue weighted by atomic mass is 9.92. The standard InChI is InChI=1S/C45H42N4O/c1-28-19-30(3)43(31(4)20-28)34-23-35(48-18-17-47(7)27-48)25-37(24-34)50-36-14-15-38-39-11-10-12-40(44-32(5)21-29(2)22-33(44)6)45(39)49(41(38)26-36)42-13-8-9-16-46-42/h8-26H,27H2,1-7H3. The van der Waals surface area contributed by atoms with Crippen molar-refractivity contribution in [2.75, 3.05) is 18.6 Å². The number of benzene rings is 5. The van der Waals surface area contributed by atoms with Crippen LogP contribution in [0, 0.1) is 41.5 Å². The molecule has 248 valence electrons. The summed E-state index contributed by atoms with van der Waals surface area (Å²) in [4.78, 5) is 9.30. The van der Waals surface area contributed by atoms with Crippen molar-refractivity contribution >= 4 is 27.5 Å². The first-order valence-corrected chi connectivity index (χ1v) is 17.3. The molecule has 0 spiro atoms. The molecule has 0 bridgehead atoms. The maximum atomic E-state index is 6.83. The summed E-state index contributed by atoms with van der Waals surface area (Å²) in [5.74, 6) is 2.45. The molecular formula is C45H42N4O. The van der Waals surface area contributed by atoms with Crippen LogP contribution in [0.1, 0.15) is 33.4 Å². The highest BCUT2D eigenvalue weighted by Gasteiger charge is 2.21. The maximum Gasteiger partial charge on any atom is 0.137 e. The van der Waals surface area contributed by atoms with Gasteiger partial charge in [0.1, 0.15) is 17.3 Å². The third-order valence-electron chi connectivity index (χ3n) is 9.89. The fourth-order valence-electron chi connectivity index (χ4n) is 8.06. The van der Waals surface area contributed by atoms with Crippen LogP contribution in [0.2, 0.25) is 0 Å². The minimum atomic E-state index is 0.774. The Morgan fingerprint density at radius 1 is 0.620 bits per heavy atom. The summed E-state index contributed by atoms with van der Waals surface area (Å²) in [5.41, 5.74) is 15.8. The highest BCUT2D eigenvalue weighted by Crippen LogP contribution is 2.42. The minimum Gasteiger partial charge on any atom is -0.457 e. The molecule has 0 unspecified atom stereocenters. The Kier molecular flexibility index (Phi) is 7.71. The van der Waals surface area contributed by atoms with Crippen molar-refractivity contribution in [3.8, 4) is 39.6 Å². The number of hydrogen-bond acceptors (Lipinski definition) is 4. The molecule has 50 heavy (non-hydrogen) atoms. The summed E-state index contributed by atoms with van der Waals surface area (Å²) in [6.07, 6.45) is 6.10. The molecule has 2 aromatic heterocycles. The summed E-state index contributed by atoms with van der Waals surface area (Å²) in [7, 11) is 2.09. The van der Waals surface area contributed by atoms with Crippen LogP contribution in [0.25, 0.3) is 49.9 Å². The third-order valence-corrected chi connectivity index (χ3v) is 9.89. The van der Waals surface area contributed by atoms with Gasteiger partial charge in [-0.1, -0.05) is 59.7 Å². The summed E-state index contributed by atoms with van der Waals surface area (Å²) in [6, 6.07) is 34.9. The van der Waals surface area contributed by atoms with Gasteiger partial charge < -0.3 is 14.5 Å². The van der Waals surface area contributed by atoms with Gasteiger partial charge in [-0.15, -0.1) is 0 Å². The SMILES string of the molecule is Cc1cc(C)c(-c2cc(Oc3ccc4c5cccc(-c6c(C)cc(C)cc6C)c5n(-c5ccccn5)c4c3)cc(N3C=CN(C)C3)c2)c(C)c1. The molecule has 0 saturated heterocycles. The molecule has 1 aliphatic rings. The van der Waals surface area contributed by atoms with Crippen LogP contribution in [0.15, 0.2) is 116 Å². The fraction of sp³-hybridized carbons (Fsp3) is 0.178. The number of para-hydroxylation sites is 1. The number of fused-ring (bicyclic) bond motifs is 3. The third kappa shape index (κ3) is 5.49. The van der Waals surface area contributed by atoms with Gasteiger partial charge in [0.05, 0.1) is 17.7 Å². The van der Waals surface area contributed by atoms with E-state index in [0.717, 1.165) is 51.7 Å². The normalized spacial score (nSPS) is 12.9. The molecule has 1 aliphatic heterocycles. The highest BCUT2D eigenvalue weighted by molar-refractivity contribution is 6.14. The number of aryl methyl sites for hydroxylation is 6. The summed E-state index contributed by atoms with van der Waals surface area (Å²) in [5, 5.41) is 2.35. The molecule has 0 amide bonds. The Bertz CT molecular complexity index is 2430. The van der Waals surface area contributed by atoms with Crippen molar-refractivity contribution in [2.24, 2.45) is 0 Å². The van der Waals surface area contributed by atoms with Gasteiger partial charge in [0.15, 0.2) is 0 Å². The van der Waals surface area contributed by atoms with Crippen LogP contribution in [0.5, 0.6) is 11.5 Å². The quantitative estimate of drug-likeness (QED) is 0.179. The molecule has 5 aromatic carbocycles. The van der Waals surface area contributed by atoms with Gasteiger partial charge in [0.25, 0.3) is 0 Å². The molecule has 8 rings (SSSR count). The number of rotatable bonds is 6. The number of hydrogen-bond donors (Lipinski definition) is 0. The zero-order valence-corrected chi connectivity index (χ0v) is 29.9. The van der Waals surface area contributed by atoms with Gasteiger partial charge in [-0.05, 0) is 117 Å². The molecule has 0 radical (unpaired) electrons. The van der Waals surface area contributed by atoms with Gasteiger partial charge >= 0.3 is 0 Å². The van der Waals surface area contributed by atoms with Gasteiger partial charge in [-0.3, -0.25) is 4.57 Å². The van der Waals surface area contributed by atoms with E-state index in [0.29, 0.717) is 0 Å². The van der Waals surface area contributed by atoms with E-state index in [1.54, 1.807) is 0 Å². The lowest BCUT2D eigenvalue weighted by molar-refractivity contribution is 0.481. The Labute approximate surface area is 294 Å². The molecule has 0 fully saturated rings. The van der Waals surface area contributed by atoms with Crippen LogP contribution in [-0.2, 0) is 0 Å². The first-order chi connectivity index (χ1) is 24.1. The molecule has 3 heterocycles. The lowest BCUT2D eigenvalue weighted by Gasteiger charge is -2.21. The molecule has 0 atom stereocenters. The van der Waals surface area contributed by atoms with Crippen molar-refractivity contribution in [3.05, 3.63) is 149 Å². The smallest absolute Gasteiger partial charge is 0.137 e. The summed E-state index contributed by atoms with van der Waals surface area (Å²) < 4.78 is 9.14. The number of nitrogens with zero attached hydrogens (tertiary/aromatic N) is 4. The second kappa shape index (κ2) is 12.3. The Morgan fingerprint density at radius 3 is 2.00 bits per heavy atom. The van der Waals surface area contributed by atoms with Crippen molar-refractivity contribution in [1.82, 2.24) is 14.5 Å². The van der Waals surface area contributed by atoms with E-state index in [1.807, 2.05) is 12.3 Å². The van der Waals surface area contributed by atoms with E-state index in [-0.39, 0.29) is 0 Å². The molecule has 0 aliphatic carbocycles. The number of anilines is 1. The van der Waals surface area contributed by atoms with E-state index in [2.05, 4.69) is 166 Å². The van der Waals surface area contributed by atoms with Crippen LogP contribution in [-0.4, -0.2) is 28.2 Å². The molecule has 5 heteroatoms. The Hall–Kier alpha value is -5.81. The first kappa shape index (κ1) is 31.5. The van der Waals surface area contributed by atoms with Crippen molar-refractivity contribution in [3.63, 3.8) is 0 Å². The van der Waals surface area contributed by atoms with Crippen molar-refractivity contribution in [1.29, 1.82) is 0 Å². The maximum absolute atomic E-state index is 6.83. The minimum absolute atomic E-state index is 0.774. The average Bonchev–Trinajstić information content (AvgIpc) is 3.65. The van der Waals surface area contributed by atoms with E-state index in [1.165, 1.54) is 55.5 Å². The second-order valence-corrected chi connectivity index (χ2v) is 13.9. The van der Waals surface area contributed by atoms with Crippen LogP contribution in [0.4, 0.5) is 5.69 Å². The van der Waals surface area contributed by atoms with E-state index in [9.17, 15) is 0 Å². The van der Waals surface area contributed by atoms with Gasteiger partial charge in [-0.2, -0.15) is 0 Å². The average molecular weight is 655 g/mol. The number of pyridine rings is 1. The Morgan fingerprint density at radius 2 is 1.34 bits per heavy atom. The zero-order chi connectivity index (χ0) is 34.7. The Balaban J connectivity index is 1.32. The fourth-order valence-corrected chi connectivity index (χ4v) is 8.06. The van der Waals surface area contributed by atoms with Crippen molar-refractivity contribution in [2.45, 2.75) is 41.5 Å². The van der Waals surface area contributed by atoms with Crippen LogP contribution < -0.4 is 9.64 Å². The van der Waals surface area contributed by atoms with Crippen LogP contribution >= 0.6 is 0 Å². The van der Waals surface area contributed by atoms with E-state index >= 15 is 0 Å². The van der Waals surface area contributed by atoms with Gasteiger partial charge in [0.2, 0.25) is 0 Å². The predicted molar refractivity (Wildman–Crippen MR) is 209 cm³/mol. The molecular weight excluding hydrogens is 613 g/mol. The van der Waals surface area contributed by atoms with E-state index in [4.69, 9.17) is 9.72 Å². The molecule has 7 aromatic rings.